The summed E-state index contributed by atoms with van der Waals surface area (Å²) in [7, 11) is 1.56. The molecule has 4 N–H and O–H groups in total. The molecule has 1 aliphatic rings. The molecule has 1 saturated heterocycles. The van der Waals surface area contributed by atoms with Crippen molar-refractivity contribution in [1.29, 1.82) is 0 Å². The third-order valence-electron chi connectivity index (χ3n) is 3.10. The summed E-state index contributed by atoms with van der Waals surface area (Å²) in [4.78, 5) is 26.2. The Balaban J connectivity index is 2.48. The predicted molar refractivity (Wildman–Crippen MR) is 77.2 cm³/mol. The van der Waals surface area contributed by atoms with E-state index in [9.17, 15) is 9.59 Å². The molecule has 0 bridgehead atoms. The van der Waals surface area contributed by atoms with Gasteiger partial charge >= 0.3 is 0 Å². The summed E-state index contributed by atoms with van der Waals surface area (Å²) in [5, 5.41) is 6.64. The zero-order valence-corrected chi connectivity index (χ0v) is 11.9. The van der Waals surface area contributed by atoms with Crippen LogP contribution in [-0.2, 0) is 0 Å². The average Bonchev–Trinajstić information content (AvgIpc) is 2.77. The lowest BCUT2D eigenvalue weighted by Crippen LogP contribution is -2.43. The van der Waals surface area contributed by atoms with Gasteiger partial charge in [-0.2, -0.15) is 0 Å². The highest BCUT2D eigenvalue weighted by molar-refractivity contribution is 7.19. The SMILES string of the molecule is CNC(=O)c1c(N2CCNCC2)sc(C(C)=O)c1N. The van der Waals surface area contributed by atoms with E-state index in [4.69, 9.17) is 5.73 Å². The van der Waals surface area contributed by atoms with Gasteiger partial charge in [0.25, 0.3) is 5.91 Å². The van der Waals surface area contributed by atoms with Crippen LogP contribution in [0, 0.1) is 0 Å². The zero-order chi connectivity index (χ0) is 14.0. The quantitative estimate of drug-likeness (QED) is 0.694. The van der Waals surface area contributed by atoms with Crippen molar-refractivity contribution in [1.82, 2.24) is 10.6 Å². The van der Waals surface area contributed by atoms with Gasteiger partial charge in [0.2, 0.25) is 0 Å². The van der Waals surface area contributed by atoms with Crippen molar-refractivity contribution < 1.29 is 9.59 Å². The fraction of sp³-hybridized carbons (Fsp3) is 0.500. The highest BCUT2D eigenvalue weighted by Crippen LogP contribution is 2.38. The first-order chi connectivity index (χ1) is 9.06. The maximum Gasteiger partial charge on any atom is 0.256 e. The van der Waals surface area contributed by atoms with E-state index in [1.54, 1.807) is 7.05 Å². The second-order valence-electron chi connectivity index (χ2n) is 4.40. The largest absolute Gasteiger partial charge is 0.397 e. The van der Waals surface area contributed by atoms with Gasteiger partial charge in [0.05, 0.1) is 16.1 Å². The van der Waals surface area contributed by atoms with Crippen LogP contribution in [-0.4, -0.2) is 44.9 Å². The van der Waals surface area contributed by atoms with Gasteiger partial charge in [0.15, 0.2) is 5.78 Å². The molecule has 1 aromatic rings. The number of anilines is 2. The van der Waals surface area contributed by atoms with Gasteiger partial charge in [-0.15, -0.1) is 11.3 Å². The maximum absolute atomic E-state index is 12.0. The number of thiophene rings is 1. The van der Waals surface area contributed by atoms with Crippen LogP contribution in [0.1, 0.15) is 27.0 Å². The van der Waals surface area contributed by atoms with Crippen molar-refractivity contribution in [2.45, 2.75) is 6.92 Å². The van der Waals surface area contributed by atoms with E-state index in [2.05, 4.69) is 15.5 Å². The third-order valence-corrected chi connectivity index (χ3v) is 4.47. The summed E-state index contributed by atoms with van der Waals surface area (Å²) in [6.07, 6.45) is 0. The molecule has 1 fully saturated rings. The molecule has 6 nitrogen and oxygen atoms in total. The molecule has 0 aromatic carbocycles. The number of carbonyl (C=O) groups is 2. The molecule has 19 heavy (non-hydrogen) atoms. The minimum Gasteiger partial charge on any atom is -0.397 e. The van der Waals surface area contributed by atoms with E-state index in [1.165, 1.54) is 18.3 Å². The minimum absolute atomic E-state index is 0.103. The molecule has 0 unspecified atom stereocenters. The first-order valence-corrected chi connectivity index (χ1v) is 6.98. The predicted octanol–water partition coefficient (Wildman–Crippen LogP) is 0.302. The van der Waals surface area contributed by atoms with Crippen LogP contribution in [0.5, 0.6) is 0 Å². The van der Waals surface area contributed by atoms with Crippen LogP contribution >= 0.6 is 11.3 Å². The van der Waals surface area contributed by atoms with E-state index in [0.717, 1.165) is 31.2 Å². The molecular weight excluding hydrogens is 264 g/mol. The summed E-state index contributed by atoms with van der Waals surface area (Å²) >= 11 is 1.31. The maximum atomic E-state index is 12.0. The number of piperazine rings is 1. The summed E-state index contributed by atoms with van der Waals surface area (Å²) in [6.45, 7) is 4.81. The van der Waals surface area contributed by atoms with Gasteiger partial charge in [-0.05, 0) is 0 Å². The lowest BCUT2D eigenvalue weighted by atomic mass is 10.2. The number of hydrogen-bond acceptors (Lipinski definition) is 6. The van der Waals surface area contributed by atoms with Crippen LogP contribution in [0.25, 0.3) is 0 Å². The van der Waals surface area contributed by atoms with Gasteiger partial charge in [-0.3, -0.25) is 9.59 Å². The number of rotatable bonds is 3. The second kappa shape index (κ2) is 5.58. The highest BCUT2D eigenvalue weighted by atomic mass is 32.1. The number of nitrogens with one attached hydrogen (secondary N) is 2. The Bertz CT molecular complexity index is 506. The molecule has 0 aliphatic carbocycles. The van der Waals surface area contributed by atoms with Crippen LogP contribution in [0.15, 0.2) is 0 Å². The smallest absolute Gasteiger partial charge is 0.256 e. The molecule has 2 heterocycles. The van der Waals surface area contributed by atoms with Gasteiger partial charge in [-0.25, -0.2) is 0 Å². The zero-order valence-electron chi connectivity index (χ0n) is 11.1. The molecule has 0 radical (unpaired) electrons. The number of amides is 1. The number of ketones is 1. The molecular formula is C12H18N4O2S. The van der Waals surface area contributed by atoms with E-state index in [0.29, 0.717) is 16.1 Å². The van der Waals surface area contributed by atoms with Crippen LogP contribution in [0.4, 0.5) is 10.7 Å². The molecule has 0 spiro atoms. The second-order valence-corrected chi connectivity index (χ2v) is 5.40. The van der Waals surface area contributed by atoms with Crippen molar-refractivity contribution >= 4 is 33.7 Å². The van der Waals surface area contributed by atoms with Crippen molar-refractivity contribution in [2.75, 3.05) is 43.9 Å². The molecule has 0 saturated carbocycles. The van der Waals surface area contributed by atoms with Crippen molar-refractivity contribution in [3.63, 3.8) is 0 Å². The Hall–Kier alpha value is -1.60. The third kappa shape index (κ3) is 2.57. The van der Waals surface area contributed by atoms with Gasteiger partial charge in [0.1, 0.15) is 5.00 Å². The standard InChI is InChI=1S/C12H18N4O2S/c1-7(17)10-9(13)8(11(18)14-2)12(19-10)16-5-3-15-4-6-16/h15H,3-6,13H2,1-2H3,(H,14,18). The molecule has 1 aliphatic heterocycles. The van der Waals surface area contributed by atoms with Crippen LogP contribution in [0.2, 0.25) is 0 Å². The van der Waals surface area contributed by atoms with Crippen LogP contribution < -0.4 is 21.3 Å². The first-order valence-electron chi connectivity index (χ1n) is 6.17. The number of nitrogens with two attached hydrogens (primary N) is 1. The molecule has 2 rings (SSSR count). The number of Topliss-reactive ketones (excluding diaryl/α,β-unsaturated/α-hetero) is 1. The topological polar surface area (TPSA) is 87.5 Å². The number of carbonyl (C=O) groups excluding carboxylic acids is 2. The van der Waals surface area contributed by atoms with E-state index >= 15 is 0 Å². The normalized spacial score (nSPS) is 15.4. The summed E-state index contributed by atoms with van der Waals surface area (Å²) in [5.74, 6) is -0.344. The monoisotopic (exact) mass is 282 g/mol. The van der Waals surface area contributed by atoms with Gasteiger partial charge < -0.3 is 21.3 Å². The minimum atomic E-state index is -0.241. The van der Waals surface area contributed by atoms with E-state index in [-0.39, 0.29) is 11.7 Å². The molecule has 1 amide bonds. The fourth-order valence-electron chi connectivity index (χ4n) is 2.13. The van der Waals surface area contributed by atoms with E-state index < -0.39 is 0 Å². The molecule has 1 aromatic heterocycles. The Morgan fingerprint density at radius 3 is 2.53 bits per heavy atom. The number of nitrogens with zero attached hydrogens (tertiary/aromatic N) is 1. The Kier molecular flexibility index (Phi) is 4.06. The lowest BCUT2D eigenvalue weighted by molar-refractivity contribution is 0.0964. The number of hydrogen-bond donors (Lipinski definition) is 3. The summed E-state index contributed by atoms with van der Waals surface area (Å²) in [5.41, 5.74) is 6.70. The number of nitrogen functional groups attached to an aromatic ring is 1. The van der Waals surface area contributed by atoms with E-state index in [1.807, 2.05) is 0 Å². The Morgan fingerprint density at radius 2 is 2.00 bits per heavy atom. The molecule has 104 valence electrons. The fourth-order valence-corrected chi connectivity index (χ4v) is 3.29. The van der Waals surface area contributed by atoms with Crippen molar-refractivity contribution in [3.05, 3.63) is 10.4 Å². The lowest BCUT2D eigenvalue weighted by Gasteiger charge is -2.28. The molecule has 7 heteroatoms. The Labute approximate surface area is 116 Å². The Morgan fingerprint density at radius 1 is 1.37 bits per heavy atom. The van der Waals surface area contributed by atoms with Crippen molar-refractivity contribution in [3.8, 4) is 0 Å². The summed E-state index contributed by atoms with van der Waals surface area (Å²) in [6, 6.07) is 0. The van der Waals surface area contributed by atoms with Gasteiger partial charge in [-0.1, -0.05) is 0 Å². The van der Waals surface area contributed by atoms with Gasteiger partial charge in [0, 0.05) is 40.2 Å². The van der Waals surface area contributed by atoms with Crippen molar-refractivity contribution in [2.24, 2.45) is 0 Å². The highest BCUT2D eigenvalue weighted by Gasteiger charge is 2.27. The average molecular weight is 282 g/mol. The van der Waals surface area contributed by atoms with Crippen LogP contribution in [0.3, 0.4) is 0 Å². The molecule has 0 atom stereocenters. The summed E-state index contributed by atoms with van der Waals surface area (Å²) < 4.78 is 0. The first kappa shape index (κ1) is 13.8.